The standard InChI is InChI=1S/C12H17NO2S/c1-8-4-5-10(6-11(8)14)12(15)13-9(2)7-16-3/h4-6,9,14H,7H2,1-3H3,(H,13,15). The highest BCUT2D eigenvalue weighted by Crippen LogP contribution is 2.17. The highest BCUT2D eigenvalue weighted by molar-refractivity contribution is 7.98. The van der Waals surface area contributed by atoms with Gasteiger partial charge >= 0.3 is 0 Å². The van der Waals surface area contributed by atoms with Crippen LogP contribution in [-0.2, 0) is 0 Å². The summed E-state index contributed by atoms with van der Waals surface area (Å²) in [6.07, 6.45) is 2.00. The van der Waals surface area contributed by atoms with Crippen molar-refractivity contribution in [1.29, 1.82) is 0 Å². The molecule has 88 valence electrons. The quantitative estimate of drug-likeness (QED) is 0.846. The number of phenolic OH excluding ortho intramolecular Hbond substituents is 1. The molecule has 0 heterocycles. The van der Waals surface area contributed by atoms with E-state index in [1.54, 1.807) is 30.8 Å². The van der Waals surface area contributed by atoms with E-state index in [4.69, 9.17) is 0 Å². The summed E-state index contributed by atoms with van der Waals surface area (Å²) in [5.41, 5.74) is 1.27. The molecule has 1 amide bonds. The fourth-order valence-electron chi connectivity index (χ4n) is 1.35. The third kappa shape index (κ3) is 3.45. The van der Waals surface area contributed by atoms with Gasteiger partial charge in [-0.3, -0.25) is 4.79 Å². The SMILES string of the molecule is CSCC(C)NC(=O)c1ccc(C)c(O)c1. The van der Waals surface area contributed by atoms with Crippen LogP contribution in [0.1, 0.15) is 22.8 Å². The minimum absolute atomic E-state index is 0.131. The fraction of sp³-hybridized carbons (Fsp3) is 0.417. The summed E-state index contributed by atoms with van der Waals surface area (Å²) in [5, 5.41) is 12.4. The average Bonchev–Trinajstić information content (AvgIpc) is 2.22. The number of aryl methyl sites for hydroxylation is 1. The van der Waals surface area contributed by atoms with Crippen molar-refractivity contribution in [3.05, 3.63) is 29.3 Å². The predicted molar refractivity (Wildman–Crippen MR) is 68.2 cm³/mol. The van der Waals surface area contributed by atoms with E-state index in [0.717, 1.165) is 11.3 Å². The van der Waals surface area contributed by atoms with Crippen molar-refractivity contribution >= 4 is 17.7 Å². The lowest BCUT2D eigenvalue weighted by Gasteiger charge is -2.12. The molecular formula is C12H17NO2S. The summed E-state index contributed by atoms with van der Waals surface area (Å²) < 4.78 is 0. The van der Waals surface area contributed by atoms with Gasteiger partial charge in [-0.2, -0.15) is 11.8 Å². The Hall–Kier alpha value is -1.16. The zero-order chi connectivity index (χ0) is 12.1. The smallest absolute Gasteiger partial charge is 0.251 e. The van der Waals surface area contributed by atoms with E-state index >= 15 is 0 Å². The number of benzene rings is 1. The number of phenols is 1. The second kappa shape index (κ2) is 5.80. The Bertz CT molecular complexity index is 379. The molecule has 0 saturated carbocycles. The average molecular weight is 239 g/mol. The first kappa shape index (κ1) is 12.9. The van der Waals surface area contributed by atoms with Gasteiger partial charge in [0.25, 0.3) is 5.91 Å². The van der Waals surface area contributed by atoms with E-state index in [9.17, 15) is 9.90 Å². The summed E-state index contributed by atoms with van der Waals surface area (Å²) in [4.78, 5) is 11.8. The highest BCUT2D eigenvalue weighted by Gasteiger charge is 2.10. The third-order valence-electron chi connectivity index (χ3n) is 2.27. The minimum Gasteiger partial charge on any atom is -0.508 e. The van der Waals surface area contributed by atoms with Gasteiger partial charge in [0.05, 0.1) is 0 Å². The van der Waals surface area contributed by atoms with Gasteiger partial charge in [-0.15, -0.1) is 0 Å². The van der Waals surface area contributed by atoms with E-state index in [1.165, 1.54) is 6.07 Å². The van der Waals surface area contributed by atoms with Crippen LogP contribution in [0.5, 0.6) is 5.75 Å². The van der Waals surface area contributed by atoms with E-state index in [2.05, 4.69) is 5.32 Å². The zero-order valence-corrected chi connectivity index (χ0v) is 10.6. The Morgan fingerprint density at radius 1 is 1.56 bits per heavy atom. The van der Waals surface area contributed by atoms with Gasteiger partial charge in [-0.25, -0.2) is 0 Å². The largest absolute Gasteiger partial charge is 0.508 e. The first-order chi connectivity index (χ1) is 7.54. The number of thioether (sulfide) groups is 1. The van der Waals surface area contributed by atoms with Gasteiger partial charge in [-0.1, -0.05) is 6.07 Å². The van der Waals surface area contributed by atoms with Crippen LogP contribution in [0, 0.1) is 6.92 Å². The van der Waals surface area contributed by atoms with Crippen LogP contribution in [0.3, 0.4) is 0 Å². The van der Waals surface area contributed by atoms with Crippen LogP contribution in [0.15, 0.2) is 18.2 Å². The van der Waals surface area contributed by atoms with Crippen molar-refractivity contribution < 1.29 is 9.90 Å². The Kier molecular flexibility index (Phi) is 4.68. The van der Waals surface area contributed by atoms with Crippen molar-refractivity contribution in [3.63, 3.8) is 0 Å². The van der Waals surface area contributed by atoms with Gasteiger partial charge in [0.2, 0.25) is 0 Å². The third-order valence-corrected chi connectivity index (χ3v) is 3.10. The lowest BCUT2D eigenvalue weighted by Crippen LogP contribution is -2.34. The van der Waals surface area contributed by atoms with Crippen LogP contribution in [-0.4, -0.2) is 29.1 Å². The van der Waals surface area contributed by atoms with Crippen LogP contribution >= 0.6 is 11.8 Å². The van der Waals surface area contributed by atoms with Gasteiger partial charge in [0, 0.05) is 17.4 Å². The normalized spacial score (nSPS) is 12.2. The lowest BCUT2D eigenvalue weighted by atomic mass is 10.1. The molecule has 16 heavy (non-hydrogen) atoms. The number of hydrogen-bond acceptors (Lipinski definition) is 3. The molecule has 4 heteroatoms. The molecule has 0 bridgehead atoms. The van der Waals surface area contributed by atoms with Crippen molar-refractivity contribution in [2.24, 2.45) is 0 Å². The Morgan fingerprint density at radius 3 is 2.81 bits per heavy atom. The van der Waals surface area contributed by atoms with E-state index < -0.39 is 0 Å². The molecule has 0 aliphatic heterocycles. The maximum atomic E-state index is 11.8. The van der Waals surface area contributed by atoms with Crippen LogP contribution in [0.2, 0.25) is 0 Å². The maximum absolute atomic E-state index is 11.8. The van der Waals surface area contributed by atoms with Crippen LogP contribution in [0.4, 0.5) is 0 Å². The predicted octanol–water partition coefficient (Wildman–Crippen LogP) is 2.18. The Morgan fingerprint density at radius 2 is 2.25 bits per heavy atom. The molecule has 1 aromatic rings. The number of carbonyl (C=O) groups is 1. The Labute approximate surface area is 100 Å². The molecule has 0 aliphatic carbocycles. The monoisotopic (exact) mass is 239 g/mol. The number of amides is 1. The van der Waals surface area contributed by atoms with Crippen molar-refractivity contribution in [1.82, 2.24) is 5.32 Å². The van der Waals surface area contributed by atoms with E-state index in [-0.39, 0.29) is 17.7 Å². The summed E-state index contributed by atoms with van der Waals surface area (Å²) in [7, 11) is 0. The first-order valence-corrected chi connectivity index (χ1v) is 6.53. The highest BCUT2D eigenvalue weighted by atomic mass is 32.2. The molecule has 0 radical (unpaired) electrons. The molecule has 3 nitrogen and oxygen atoms in total. The molecule has 2 N–H and O–H groups in total. The van der Waals surface area contributed by atoms with Gasteiger partial charge < -0.3 is 10.4 Å². The second-order valence-corrected chi connectivity index (χ2v) is 4.74. The molecule has 0 aliphatic rings. The fourth-order valence-corrected chi connectivity index (χ4v) is 1.93. The number of nitrogens with one attached hydrogen (secondary N) is 1. The number of carbonyl (C=O) groups excluding carboxylic acids is 1. The van der Waals surface area contributed by atoms with Gasteiger partial charge in [0.1, 0.15) is 5.75 Å². The van der Waals surface area contributed by atoms with Crippen molar-refractivity contribution in [3.8, 4) is 5.75 Å². The zero-order valence-electron chi connectivity index (χ0n) is 9.78. The topological polar surface area (TPSA) is 49.3 Å². The van der Waals surface area contributed by atoms with Crippen molar-refractivity contribution in [2.45, 2.75) is 19.9 Å². The number of aromatic hydroxyl groups is 1. The molecule has 1 unspecified atom stereocenters. The molecule has 1 aromatic carbocycles. The maximum Gasteiger partial charge on any atom is 0.251 e. The van der Waals surface area contributed by atoms with Crippen LogP contribution in [0.25, 0.3) is 0 Å². The van der Waals surface area contributed by atoms with E-state index in [1.807, 2.05) is 13.2 Å². The van der Waals surface area contributed by atoms with Gasteiger partial charge in [0.15, 0.2) is 0 Å². The summed E-state index contributed by atoms with van der Waals surface area (Å²) in [6, 6.07) is 5.09. The van der Waals surface area contributed by atoms with Crippen LogP contribution < -0.4 is 5.32 Å². The number of rotatable bonds is 4. The summed E-state index contributed by atoms with van der Waals surface area (Å²) in [5.74, 6) is 0.894. The summed E-state index contributed by atoms with van der Waals surface area (Å²) in [6.45, 7) is 3.76. The van der Waals surface area contributed by atoms with Gasteiger partial charge in [-0.05, 0) is 37.8 Å². The first-order valence-electron chi connectivity index (χ1n) is 5.14. The molecule has 0 saturated heterocycles. The number of hydrogen-bond donors (Lipinski definition) is 2. The minimum atomic E-state index is -0.142. The van der Waals surface area contributed by atoms with Crippen molar-refractivity contribution in [2.75, 3.05) is 12.0 Å². The lowest BCUT2D eigenvalue weighted by molar-refractivity contribution is 0.0943. The molecule has 0 fully saturated rings. The Balaban J connectivity index is 2.69. The summed E-state index contributed by atoms with van der Waals surface area (Å²) >= 11 is 1.69. The molecule has 0 spiro atoms. The molecule has 1 atom stereocenters. The molecule has 1 rings (SSSR count). The molecular weight excluding hydrogens is 222 g/mol. The second-order valence-electron chi connectivity index (χ2n) is 3.83. The molecule has 0 aromatic heterocycles. The van der Waals surface area contributed by atoms with E-state index in [0.29, 0.717) is 5.56 Å².